The standard InChI is InChI=1S/C7H11ClO/c8-5-3-1-2-4-6-7(5)9-6/h5-7H,1-4H2. The summed E-state index contributed by atoms with van der Waals surface area (Å²) in [5, 5.41) is 0.317. The van der Waals surface area contributed by atoms with Gasteiger partial charge in [0, 0.05) is 0 Å². The molecule has 1 nitrogen and oxygen atoms in total. The predicted molar refractivity (Wildman–Crippen MR) is 36.8 cm³/mol. The highest BCUT2D eigenvalue weighted by atomic mass is 35.5. The van der Waals surface area contributed by atoms with Crippen LogP contribution in [0.1, 0.15) is 25.7 Å². The maximum Gasteiger partial charge on any atom is 0.100 e. The van der Waals surface area contributed by atoms with Gasteiger partial charge in [0.1, 0.15) is 6.10 Å². The molecule has 0 amide bonds. The SMILES string of the molecule is ClC1CCCCC2OC12. The fourth-order valence-corrected chi connectivity index (χ4v) is 1.93. The van der Waals surface area contributed by atoms with Crippen LogP contribution in [0.2, 0.25) is 0 Å². The number of alkyl halides is 1. The van der Waals surface area contributed by atoms with Gasteiger partial charge in [0.05, 0.1) is 11.5 Å². The van der Waals surface area contributed by atoms with Gasteiger partial charge in [-0.05, 0) is 12.8 Å². The number of halogens is 1. The Morgan fingerprint density at radius 3 is 2.89 bits per heavy atom. The van der Waals surface area contributed by atoms with Crippen LogP contribution in [0.4, 0.5) is 0 Å². The molecule has 2 heteroatoms. The molecule has 1 aliphatic carbocycles. The van der Waals surface area contributed by atoms with Gasteiger partial charge < -0.3 is 4.74 Å². The molecule has 0 bridgehead atoms. The smallest absolute Gasteiger partial charge is 0.100 e. The molecule has 0 aromatic rings. The zero-order valence-electron chi connectivity index (χ0n) is 5.35. The van der Waals surface area contributed by atoms with Gasteiger partial charge in [-0.25, -0.2) is 0 Å². The molecular weight excluding hydrogens is 136 g/mol. The second kappa shape index (κ2) is 2.14. The fourth-order valence-electron chi connectivity index (χ4n) is 1.56. The van der Waals surface area contributed by atoms with Gasteiger partial charge in [0.15, 0.2) is 0 Å². The topological polar surface area (TPSA) is 12.5 Å². The van der Waals surface area contributed by atoms with Crippen molar-refractivity contribution >= 4 is 11.6 Å². The maximum absolute atomic E-state index is 5.99. The summed E-state index contributed by atoms with van der Waals surface area (Å²) in [6.07, 6.45) is 5.97. The molecule has 2 rings (SSSR count). The first kappa shape index (κ1) is 5.99. The fraction of sp³-hybridized carbons (Fsp3) is 1.00. The van der Waals surface area contributed by atoms with Crippen molar-refractivity contribution in [2.24, 2.45) is 0 Å². The molecule has 0 aromatic heterocycles. The third kappa shape index (κ3) is 1.08. The third-order valence-electron chi connectivity index (χ3n) is 2.20. The highest BCUT2D eigenvalue weighted by Gasteiger charge is 2.44. The van der Waals surface area contributed by atoms with Crippen LogP contribution >= 0.6 is 11.6 Å². The highest BCUT2D eigenvalue weighted by Crippen LogP contribution is 2.37. The van der Waals surface area contributed by atoms with E-state index in [2.05, 4.69) is 0 Å². The Morgan fingerprint density at radius 2 is 2.00 bits per heavy atom. The second-order valence-electron chi connectivity index (χ2n) is 2.94. The first-order valence-electron chi connectivity index (χ1n) is 3.67. The number of fused-ring (bicyclic) bond motifs is 1. The molecule has 1 saturated heterocycles. The zero-order valence-corrected chi connectivity index (χ0v) is 6.10. The molecule has 1 heterocycles. The lowest BCUT2D eigenvalue weighted by atomic mass is 10.2. The number of rotatable bonds is 0. The van der Waals surface area contributed by atoms with Crippen molar-refractivity contribution < 1.29 is 4.74 Å². The minimum Gasteiger partial charge on any atom is -0.368 e. The van der Waals surface area contributed by atoms with Gasteiger partial charge >= 0.3 is 0 Å². The lowest BCUT2D eigenvalue weighted by molar-refractivity contribution is 0.337. The predicted octanol–water partition coefficient (Wildman–Crippen LogP) is 1.94. The van der Waals surface area contributed by atoms with Crippen LogP contribution in [0.3, 0.4) is 0 Å². The average molecular weight is 147 g/mol. The molecule has 0 spiro atoms. The summed E-state index contributed by atoms with van der Waals surface area (Å²) in [5.74, 6) is 0. The molecule has 1 aliphatic heterocycles. The van der Waals surface area contributed by atoms with Crippen LogP contribution in [0.25, 0.3) is 0 Å². The van der Waals surface area contributed by atoms with Gasteiger partial charge in [-0.1, -0.05) is 12.8 Å². The van der Waals surface area contributed by atoms with Crippen LogP contribution in [-0.2, 0) is 4.74 Å². The molecule has 9 heavy (non-hydrogen) atoms. The Kier molecular flexibility index (Phi) is 1.42. The Bertz CT molecular complexity index is 115. The lowest BCUT2D eigenvalue weighted by Crippen LogP contribution is -2.06. The van der Waals surface area contributed by atoms with E-state index in [0.717, 1.165) is 6.42 Å². The van der Waals surface area contributed by atoms with Gasteiger partial charge in [-0.3, -0.25) is 0 Å². The summed E-state index contributed by atoms with van der Waals surface area (Å²) in [6, 6.07) is 0. The Hall–Kier alpha value is 0.250. The van der Waals surface area contributed by atoms with Gasteiger partial charge in [-0.2, -0.15) is 0 Å². The number of hydrogen-bond acceptors (Lipinski definition) is 1. The molecule has 0 radical (unpaired) electrons. The highest BCUT2D eigenvalue weighted by molar-refractivity contribution is 6.21. The summed E-state index contributed by atoms with van der Waals surface area (Å²) >= 11 is 5.99. The molecule has 0 N–H and O–H groups in total. The van der Waals surface area contributed by atoms with E-state index in [9.17, 15) is 0 Å². The van der Waals surface area contributed by atoms with Crippen LogP contribution < -0.4 is 0 Å². The molecule has 3 unspecified atom stereocenters. The molecule has 2 aliphatic rings. The quantitative estimate of drug-likeness (QED) is 0.376. The van der Waals surface area contributed by atoms with Crippen molar-refractivity contribution in [1.82, 2.24) is 0 Å². The minimum atomic E-state index is 0.317. The van der Waals surface area contributed by atoms with E-state index in [0.29, 0.717) is 17.6 Å². The van der Waals surface area contributed by atoms with E-state index >= 15 is 0 Å². The average Bonchev–Trinajstić information content (AvgIpc) is 2.55. The molecule has 0 aromatic carbocycles. The van der Waals surface area contributed by atoms with E-state index in [-0.39, 0.29) is 0 Å². The summed E-state index contributed by atoms with van der Waals surface area (Å²) < 4.78 is 5.34. The summed E-state index contributed by atoms with van der Waals surface area (Å²) in [4.78, 5) is 0. The Morgan fingerprint density at radius 1 is 1.22 bits per heavy atom. The minimum absolute atomic E-state index is 0.317. The Balaban J connectivity index is 1.96. The molecule has 1 saturated carbocycles. The van der Waals surface area contributed by atoms with Crippen molar-refractivity contribution in [2.45, 2.75) is 43.3 Å². The monoisotopic (exact) mass is 146 g/mol. The lowest BCUT2D eigenvalue weighted by Gasteiger charge is -2.00. The van der Waals surface area contributed by atoms with Gasteiger partial charge in [0.25, 0.3) is 0 Å². The van der Waals surface area contributed by atoms with Crippen LogP contribution in [0.15, 0.2) is 0 Å². The summed E-state index contributed by atoms with van der Waals surface area (Å²) in [5.41, 5.74) is 0. The number of ether oxygens (including phenoxy) is 1. The van der Waals surface area contributed by atoms with Crippen molar-refractivity contribution in [3.8, 4) is 0 Å². The van der Waals surface area contributed by atoms with Crippen LogP contribution in [-0.4, -0.2) is 17.6 Å². The second-order valence-corrected chi connectivity index (χ2v) is 3.50. The van der Waals surface area contributed by atoms with Crippen LogP contribution in [0, 0.1) is 0 Å². The van der Waals surface area contributed by atoms with E-state index in [4.69, 9.17) is 16.3 Å². The van der Waals surface area contributed by atoms with Crippen molar-refractivity contribution in [2.75, 3.05) is 0 Å². The van der Waals surface area contributed by atoms with E-state index in [1.54, 1.807) is 0 Å². The normalized spacial score (nSPS) is 49.7. The molecule has 2 fully saturated rings. The van der Waals surface area contributed by atoms with Crippen LogP contribution in [0.5, 0.6) is 0 Å². The summed E-state index contributed by atoms with van der Waals surface area (Å²) in [6.45, 7) is 0. The number of epoxide rings is 1. The van der Waals surface area contributed by atoms with E-state index in [1.807, 2.05) is 0 Å². The first-order valence-corrected chi connectivity index (χ1v) is 4.11. The van der Waals surface area contributed by atoms with Crippen molar-refractivity contribution in [1.29, 1.82) is 0 Å². The number of hydrogen-bond donors (Lipinski definition) is 0. The summed E-state index contributed by atoms with van der Waals surface area (Å²) in [7, 11) is 0. The molecule has 3 atom stereocenters. The van der Waals surface area contributed by atoms with Gasteiger partial charge in [-0.15, -0.1) is 11.6 Å². The largest absolute Gasteiger partial charge is 0.368 e. The zero-order chi connectivity index (χ0) is 6.27. The molecule has 52 valence electrons. The van der Waals surface area contributed by atoms with Gasteiger partial charge in [0.2, 0.25) is 0 Å². The first-order chi connectivity index (χ1) is 4.38. The van der Waals surface area contributed by atoms with E-state index in [1.165, 1.54) is 19.3 Å². The van der Waals surface area contributed by atoms with E-state index < -0.39 is 0 Å². The molecular formula is C7H11ClO. The Labute approximate surface area is 60.3 Å². The third-order valence-corrected chi connectivity index (χ3v) is 2.66. The maximum atomic E-state index is 5.99. The van der Waals surface area contributed by atoms with Crippen molar-refractivity contribution in [3.05, 3.63) is 0 Å². The van der Waals surface area contributed by atoms with Crippen molar-refractivity contribution in [3.63, 3.8) is 0 Å².